The van der Waals surface area contributed by atoms with Crippen molar-refractivity contribution in [2.24, 2.45) is 5.73 Å². The lowest BCUT2D eigenvalue weighted by Crippen LogP contribution is -2.31. The molecule has 0 saturated heterocycles. The van der Waals surface area contributed by atoms with Crippen molar-refractivity contribution in [2.75, 3.05) is 13.2 Å². The molecular formula is C16H27NO. The summed E-state index contributed by atoms with van der Waals surface area (Å²) in [5, 5.41) is 0. The average Bonchev–Trinajstić information content (AvgIpc) is 2.32. The van der Waals surface area contributed by atoms with Crippen LogP contribution in [0.3, 0.4) is 0 Å². The number of rotatable bonds is 9. The zero-order valence-corrected chi connectivity index (χ0v) is 11.8. The fraction of sp³-hybridized carbons (Fsp3) is 0.625. The minimum Gasteiger partial charge on any atom is -0.381 e. The first-order valence-corrected chi connectivity index (χ1v) is 6.98. The predicted octanol–water partition coefficient (Wildman–Crippen LogP) is 3.54. The third-order valence-electron chi connectivity index (χ3n) is 2.99. The summed E-state index contributed by atoms with van der Waals surface area (Å²) in [6.45, 7) is 5.87. The van der Waals surface area contributed by atoms with Gasteiger partial charge in [0.2, 0.25) is 0 Å². The molecule has 0 spiro atoms. The van der Waals surface area contributed by atoms with E-state index in [4.69, 9.17) is 10.5 Å². The van der Waals surface area contributed by atoms with Gasteiger partial charge in [-0.05, 0) is 38.7 Å². The largest absolute Gasteiger partial charge is 0.381 e. The zero-order valence-electron chi connectivity index (χ0n) is 11.8. The van der Waals surface area contributed by atoms with Crippen LogP contribution in [-0.2, 0) is 11.2 Å². The molecule has 0 radical (unpaired) electrons. The van der Waals surface area contributed by atoms with E-state index in [2.05, 4.69) is 38.1 Å². The Bertz CT molecular complexity index is 303. The highest BCUT2D eigenvalue weighted by Gasteiger charge is 2.08. The molecule has 0 aliphatic carbocycles. The maximum atomic E-state index is 5.93. The molecule has 0 saturated carbocycles. The van der Waals surface area contributed by atoms with Gasteiger partial charge < -0.3 is 10.5 Å². The van der Waals surface area contributed by atoms with Crippen molar-refractivity contribution in [2.45, 2.75) is 51.5 Å². The molecule has 0 amide bonds. The highest BCUT2D eigenvalue weighted by atomic mass is 16.5. The minimum atomic E-state index is -0.0197. The van der Waals surface area contributed by atoms with E-state index < -0.39 is 0 Å². The Balaban J connectivity index is 1.90. The Morgan fingerprint density at radius 3 is 2.39 bits per heavy atom. The van der Waals surface area contributed by atoms with Crippen LogP contribution in [0.15, 0.2) is 30.3 Å². The standard InChI is InChI=1S/C16H27NO/c1-16(2,17)12-7-4-8-13-18-14-11-15-9-5-3-6-10-15/h3,5-6,9-10H,4,7-8,11-14,17H2,1-2H3. The Morgan fingerprint density at radius 1 is 1.00 bits per heavy atom. The molecule has 0 fully saturated rings. The third kappa shape index (κ3) is 8.26. The van der Waals surface area contributed by atoms with Gasteiger partial charge in [0.15, 0.2) is 0 Å². The fourth-order valence-corrected chi connectivity index (χ4v) is 1.90. The lowest BCUT2D eigenvalue weighted by atomic mass is 9.98. The zero-order chi connectivity index (χ0) is 13.3. The van der Waals surface area contributed by atoms with Crippen molar-refractivity contribution in [3.63, 3.8) is 0 Å². The summed E-state index contributed by atoms with van der Waals surface area (Å²) in [7, 11) is 0. The quantitative estimate of drug-likeness (QED) is 0.679. The third-order valence-corrected chi connectivity index (χ3v) is 2.99. The van der Waals surface area contributed by atoms with E-state index in [0.29, 0.717) is 0 Å². The number of benzene rings is 1. The molecule has 2 N–H and O–H groups in total. The van der Waals surface area contributed by atoms with Gasteiger partial charge in [-0.2, -0.15) is 0 Å². The first-order valence-electron chi connectivity index (χ1n) is 6.98. The van der Waals surface area contributed by atoms with Crippen LogP contribution in [0.1, 0.15) is 45.1 Å². The normalized spacial score (nSPS) is 11.7. The van der Waals surface area contributed by atoms with E-state index in [-0.39, 0.29) is 5.54 Å². The van der Waals surface area contributed by atoms with E-state index in [1.54, 1.807) is 0 Å². The van der Waals surface area contributed by atoms with Crippen molar-refractivity contribution >= 4 is 0 Å². The van der Waals surface area contributed by atoms with Crippen LogP contribution in [0.2, 0.25) is 0 Å². The van der Waals surface area contributed by atoms with Gasteiger partial charge in [0.25, 0.3) is 0 Å². The SMILES string of the molecule is CC(C)(N)CCCCCOCCc1ccccc1. The summed E-state index contributed by atoms with van der Waals surface area (Å²) >= 11 is 0. The summed E-state index contributed by atoms with van der Waals surface area (Å²) in [6, 6.07) is 10.5. The van der Waals surface area contributed by atoms with Crippen molar-refractivity contribution in [1.29, 1.82) is 0 Å². The summed E-state index contributed by atoms with van der Waals surface area (Å²) in [5.74, 6) is 0. The second-order valence-electron chi connectivity index (χ2n) is 5.65. The van der Waals surface area contributed by atoms with E-state index in [1.807, 2.05) is 6.07 Å². The number of nitrogens with two attached hydrogens (primary N) is 1. The molecule has 18 heavy (non-hydrogen) atoms. The highest BCUT2D eigenvalue weighted by Crippen LogP contribution is 2.10. The molecule has 1 rings (SSSR count). The van der Waals surface area contributed by atoms with Crippen molar-refractivity contribution in [3.8, 4) is 0 Å². The Morgan fingerprint density at radius 2 is 1.72 bits per heavy atom. The lowest BCUT2D eigenvalue weighted by Gasteiger charge is -2.17. The van der Waals surface area contributed by atoms with Gasteiger partial charge in [0.1, 0.15) is 0 Å². The molecule has 0 heterocycles. The minimum absolute atomic E-state index is 0.0197. The highest BCUT2D eigenvalue weighted by molar-refractivity contribution is 5.14. The summed E-state index contributed by atoms with van der Waals surface area (Å²) in [4.78, 5) is 0. The average molecular weight is 249 g/mol. The van der Waals surface area contributed by atoms with Crippen LogP contribution in [0, 0.1) is 0 Å². The van der Waals surface area contributed by atoms with Crippen molar-refractivity contribution in [3.05, 3.63) is 35.9 Å². The summed E-state index contributed by atoms with van der Waals surface area (Å²) in [6.07, 6.45) is 5.66. The molecule has 1 aromatic carbocycles. The molecular weight excluding hydrogens is 222 g/mol. The van der Waals surface area contributed by atoms with Crippen LogP contribution in [0.5, 0.6) is 0 Å². The molecule has 1 aromatic rings. The van der Waals surface area contributed by atoms with Crippen LogP contribution in [-0.4, -0.2) is 18.8 Å². The fourth-order valence-electron chi connectivity index (χ4n) is 1.90. The first-order chi connectivity index (χ1) is 8.58. The van der Waals surface area contributed by atoms with Gasteiger partial charge in [0, 0.05) is 12.1 Å². The van der Waals surface area contributed by atoms with E-state index in [0.717, 1.165) is 32.5 Å². The first kappa shape index (κ1) is 15.2. The van der Waals surface area contributed by atoms with Gasteiger partial charge in [-0.1, -0.05) is 43.2 Å². The summed E-state index contributed by atoms with van der Waals surface area (Å²) in [5.41, 5.74) is 7.26. The van der Waals surface area contributed by atoms with E-state index in [1.165, 1.54) is 18.4 Å². The monoisotopic (exact) mass is 249 g/mol. The van der Waals surface area contributed by atoms with Crippen LogP contribution >= 0.6 is 0 Å². The van der Waals surface area contributed by atoms with Crippen LogP contribution < -0.4 is 5.73 Å². The van der Waals surface area contributed by atoms with Crippen molar-refractivity contribution < 1.29 is 4.74 Å². The summed E-state index contributed by atoms with van der Waals surface area (Å²) < 4.78 is 5.64. The van der Waals surface area contributed by atoms with E-state index in [9.17, 15) is 0 Å². The molecule has 0 aliphatic heterocycles. The van der Waals surface area contributed by atoms with Gasteiger partial charge in [0.05, 0.1) is 6.61 Å². The van der Waals surface area contributed by atoms with Crippen LogP contribution in [0.25, 0.3) is 0 Å². The Labute approximate surface area is 112 Å². The molecule has 0 atom stereocenters. The topological polar surface area (TPSA) is 35.2 Å². The molecule has 0 bridgehead atoms. The smallest absolute Gasteiger partial charge is 0.0506 e. The number of hydrogen-bond donors (Lipinski definition) is 1. The molecule has 102 valence electrons. The maximum Gasteiger partial charge on any atom is 0.0506 e. The molecule has 0 aliphatic rings. The van der Waals surface area contributed by atoms with E-state index >= 15 is 0 Å². The van der Waals surface area contributed by atoms with Gasteiger partial charge in [-0.25, -0.2) is 0 Å². The van der Waals surface area contributed by atoms with Gasteiger partial charge in [-0.15, -0.1) is 0 Å². The van der Waals surface area contributed by atoms with Gasteiger partial charge >= 0.3 is 0 Å². The number of hydrogen-bond acceptors (Lipinski definition) is 2. The number of unbranched alkanes of at least 4 members (excludes halogenated alkanes) is 2. The van der Waals surface area contributed by atoms with Gasteiger partial charge in [-0.3, -0.25) is 0 Å². The van der Waals surface area contributed by atoms with Crippen LogP contribution in [0.4, 0.5) is 0 Å². The Kier molecular flexibility index (Phi) is 6.99. The Hall–Kier alpha value is -0.860. The molecule has 2 nitrogen and oxygen atoms in total. The second-order valence-corrected chi connectivity index (χ2v) is 5.65. The predicted molar refractivity (Wildman–Crippen MR) is 77.7 cm³/mol. The number of ether oxygens (including phenoxy) is 1. The maximum absolute atomic E-state index is 5.93. The molecule has 2 heteroatoms. The molecule has 0 unspecified atom stereocenters. The van der Waals surface area contributed by atoms with Crippen molar-refractivity contribution in [1.82, 2.24) is 0 Å². The molecule has 0 aromatic heterocycles. The lowest BCUT2D eigenvalue weighted by molar-refractivity contribution is 0.132. The second kappa shape index (κ2) is 8.28.